The number of primary amides is 1. The maximum Gasteiger partial charge on any atom is 0.251 e. The number of rotatable bonds is 11. The highest BCUT2D eigenvalue weighted by molar-refractivity contribution is 7.20. The maximum atomic E-state index is 14.8. The third-order valence-corrected chi connectivity index (χ3v) is 6.49. The normalized spacial score (nSPS) is 11.3. The molecular formula is C27H36F2N4O4S. The Morgan fingerprint density at radius 3 is 2.29 bits per heavy atom. The number of anilines is 2. The van der Waals surface area contributed by atoms with Gasteiger partial charge in [0.05, 0.1) is 23.3 Å². The van der Waals surface area contributed by atoms with Gasteiger partial charge in [0.1, 0.15) is 22.5 Å². The van der Waals surface area contributed by atoms with Gasteiger partial charge >= 0.3 is 0 Å². The van der Waals surface area contributed by atoms with Gasteiger partial charge in [-0.25, -0.2) is 13.8 Å². The van der Waals surface area contributed by atoms with E-state index in [-0.39, 0.29) is 28.2 Å². The second-order valence-corrected chi connectivity index (χ2v) is 10.2. The summed E-state index contributed by atoms with van der Waals surface area (Å²) in [6, 6.07) is 7.11. The molecule has 0 saturated carbocycles. The first-order valence-electron chi connectivity index (χ1n) is 12.1. The molecule has 2 aromatic heterocycles. The summed E-state index contributed by atoms with van der Waals surface area (Å²) in [5, 5.41) is 22.6. The van der Waals surface area contributed by atoms with E-state index in [0.29, 0.717) is 23.9 Å². The number of methoxy groups -OCH3 is 1. The number of hydrogen-bond donors (Lipinski definition) is 4. The molecule has 3 aromatic rings. The minimum absolute atomic E-state index is 0.0748. The van der Waals surface area contributed by atoms with Gasteiger partial charge in [0.2, 0.25) is 0 Å². The van der Waals surface area contributed by atoms with E-state index in [9.17, 15) is 23.8 Å². The zero-order chi connectivity index (χ0) is 28.5. The van der Waals surface area contributed by atoms with Gasteiger partial charge in [-0.15, -0.1) is 11.3 Å². The monoisotopic (exact) mass is 550 g/mol. The quantitative estimate of drug-likeness (QED) is 0.275. The highest BCUT2D eigenvalue weighted by atomic mass is 32.1. The Morgan fingerprint density at radius 1 is 1.18 bits per heavy atom. The zero-order valence-corrected chi connectivity index (χ0v) is 23.2. The number of amides is 1. The molecule has 3 rings (SSSR count). The number of nitrogens with one attached hydrogen (secondary N) is 1. The number of aromatic nitrogens is 1. The lowest BCUT2D eigenvalue weighted by Gasteiger charge is -2.20. The average molecular weight is 551 g/mol. The molecule has 1 amide bonds. The van der Waals surface area contributed by atoms with Crippen LogP contribution in [0, 0.1) is 11.6 Å². The fourth-order valence-corrected chi connectivity index (χ4v) is 4.76. The number of benzene rings is 1. The first-order valence-corrected chi connectivity index (χ1v) is 12.9. The third-order valence-electron chi connectivity index (χ3n) is 5.42. The first kappa shape index (κ1) is 31.3. The number of nitrogens with zero attached hydrogens (tertiary/aromatic N) is 2. The molecule has 0 aliphatic heterocycles. The first-order chi connectivity index (χ1) is 17.9. The van der Waals surface area contributed by atoms with Crippen LogP contribution >= 0.6 is 11.3 Å². The van der Waals surface area contributed by atoms with Gasteiger partial charge < -0.3 is 26.0 Å². The molecule has 11 heteroatoms. The molecule has 1 aromatic carbocycles. The highest BCUT2D eigenvalue weighted by Crippen LogP contribution is 2.40. The van der Waals surface area contributed by atoms with E-state index >= 15 is 0 Å². The molecule has 8 nitrogen and oxygen atoms in total. The SMILES string of the molecule is CCCN(CCO)Cc1ccc(Nc2sc(-c3c(F)cc(C(C)(C)O)cc3F)cc2C(N)=O)nc1.COC. The predicted molar refractivity (Wildman–Crippen MR) is 147 cm³/mol. The van der Waals surface area contributed by atoms with Crippen LogP contribution in [-0.2, 0) is 16.9 Å². The lowest BCUT2D eigenvalue weighted by Crippen LogP contribution is -2.27. The van der Waals surface area contributed by atoms with E-state index in [1.807, 2.05) is 6.07 Å². The third kappa shape index (κ3) is 8.53. The smallest absolute Gasteiger partial charge is 0.251 e. The molecule has 0 bridgehead atoms. The van der Waals surface area contributed by atoms with Crippen LogP contribution in [0.1, 0.15) is 48.7 Å². The van der Waals surface area contributed by atoms with Crippen LogP contribution in [0.2, 0.25) is 0 Å². The van der Waals surface area contributed by atoms with E-state index in [1.165, 1.54) is 19.9 Å². The maximum absolute atomic E-state index is 14.8. The summed E-state index contributed by atoms with van der Waals surface area (Å²) in [5.41, 5.74) is 4.93. The molecule has 0 spiro atoms. The van der Waals surface area contributed by atoms with Gasteiger partial charge in [0, 0.05) is 38.4 Å². The molecule has 208 valence electrons. The van der Waals surface area contributed by atoms with Crippen molar-refractivity contribution < 1.29 is 28.5 Å². The summed E-state index contributed by atoms with van der Waals surface area (Å²) in [4.78, 5) is 18.7. The summed E-state index contributed by atoms with van der Waals surface area (Å²) >= 11 is 0.975. The molecule has 0 unspecified atom stereocenters. The summed E-state index contributed by atoms with van der Waals surface area (Å²) in [6.45, 7) is 7.07. The number of pyridine rings is 1. The van der Waals surface area contributed by atoms with Crippen LogP contribution < -0.4 is 11.1 Å². The molecular weight excluding hydrogens is 514 g/mol. The number of ether oxygens (including phenoxy) is 1. The fraction of sp³-hybridized carbons (Fsp3) is 0.407. The van der Waals surface area contributed by atoms with Crippen molar-refractivity contribution >= 4 is 28.1 Å². The standard InChI is InChI=1S/C25H30F2N4O3S.C2H6O/c1-4-7-31(8-9-32)14-15-5-6-21(29-13-15)30-24-17(23(28)33)12-20(35-24)22-18(26)10-16(11-19(22)27)25(2,3)34;1-3-2/h5-6,10-13,32,34H,4,7-9,14H2,1-3H3,(H2,28,33)(H,29,30);1-2H3. The van der Waals surface area contributed by atoms with Gasteiger partial charge in [0.15, 0.2) is 0 Å². The van der Waals surface area contributed by atoms with Gasteiger partial charge in [-0.1, -0.05) is 13.0 Å². The summed E-state index contributed by atoms with van der Waals surface area (Å²) in [6.07, 6.45) is 2.65. The van der Waals surface area contributed by atoms with E-state index in [4.69, 9.17) is 5.73 Å². The zero-order valence-electron chi connectivity index (χ0n) is 22.3. The summed E-state index contributed by atoms with van der Waals surface area (Å²) < 4.78 is 33.9. The van der Waals surface area contributed by atoms with Crippen molar-refractivity contribution in [1.82, 2.24) is 9.88 Å². The van der Waals surface area contributed by atoms with E-state index in [0.717, 1.165) is 42.0 Å². The number of aliphatic hydroxyl groups is 2. The minimum Gasteiger partial charge on any atom is -0.395 e. The average Bonchev–Trinajstić information content (AvgIpc) is 3.23. The topological polar surface area (TPSA) is 121 Å². The van der Waals surface area contributed by atoms with Crippen molar-refractivity contribution in [2.75, 3.05) is 39.2 Å². The van der Waals surface area contributed by atoms with Crippen molar-refractivity contribution in [1.29, 1.82) is 0 Å². The van der Waals surface area contributed by atoms with Crippen LogP contribution in [-0.4, -0.2) is 59.9 Å². The number of aliphatic hydroxyl groups excluding tert-OH is 1. The molecule has 0 radical (unpaired) electrons. The van der Waals surface area contributed by atoms with Crippen molar-refractivity contribution in [3.63, 3.8) is 0 Å². The van der Waals surface area contributed by atoms with E-state index in [2.05, 4.69) is 26.9 Å². The Labute approximate surface area is 226 Å². The Bertz CT molecular complexity index is 1170. The molecule has 2 heterocycles. The summed E-state index contributed by atoms with van der Waals surface area (Å²) in [5.74, 6) is -2.02. The molecule has 0 fully saturated rings. The van der Waals surface area contributed by atoms with Gasteiger partial charge in [-0.05, 0) is 62.2 Å². The molecule has 0 aliphatic rings. The van der Waals surface area contributed by atoms with Gasteiger partial charge in [-0.3, -0.25) is 9.69 Å². The van der Waals surface area contributed by atoms with Crippen LogP contribution in [0.15, 0.2) is 36.5 Å². The molecule has 0 atom stereocenters. The molecule has 5 N–H and O–H groups in total. The van der Waals surface area contributed by atoms with Gasteiger partial charge in [-0.2, -0.15) is 0 Å². The number of halogens is 2. The Hall–Kier alpha value is -2.96. The highest BCUT2D eigenvalue weighted by Gasteiger charge is 2.24. The largest absolute Gasteiger partial charge is 0.395 e. The number of carbonyl (C=O) groups excluding carboxylic acids is 1. The van der Waals surface area contributed by atoms with Crippen LogP contribution in [0.4, 0.5) is 19.6 Å². The number of hydrogen-bond acceptors (Lipinski definition) is 8. The lowest BCUT2D eigenvalue weighted by molar-refractivity contribution is 0.0778. The van der Waals surface area contributed by atoms with E-state index < -0.39 is 23.1 Å². The van der Waals surface area contributed by atoms with Crippen molar-refractivity contribution in [2.24, 2.45) is 5.73 Å². The molecule has 0 saturated heterocycles. The Morgan fingerprint density at radius 2 is 1.82 bits per heavy atom. The van der Waals surface area contributed by atoms with Crippen LogP contribution in [0.3, 0.4) is 0 Å². The number of nitrogens with two attached hydrogens (primary N) is 1. The second kappa shape index (κ2) is 14.3. The molecule has 0 aliphatic carbocycles. The fourth-order valence-electron chi connectivity index (χ4n) is 3.65. The number of carbonyl (C=O) groups is 1. The molecule has 38 heavy (non-hydrogen) atoms. The summed E-state index contributed by atoms with van der Waals surface area (Å²) in [7, 11) is 3.25. The van der Waals surface area contributed by atoms with Crippen LogP contribution in [0.25, 0.3) is 10.4 Å². The van der Waals surface area contributed by atoms with Crippen molar-refractivity contribution in [3.8, 4) is 10.4 Å². The van der Waals surface area contributed by atoms with Crippen molar-refractivity contribution in [3.05, 3.63) is 64.9 Å². The predicted octanol–water partition coefficient (Wildman–Crippen LogP) is 4.63. The lowest BCUT2D eigenvalue weighted by atomic mass is 9.96. The minimum atomic E-state index is -1.41. The second-order valence-electron chi connectivity index (χ2n) is 9.18. The Kier molecular flexibility index (Phi) is 11.7. The van der Waals surface area contributed by atoms with E-state index in [1.54, 1.807) is 26.5 Å². The van der Waals surface area contributed by atoms with Gasteiger partial charge in [0.25, 0.3) is 5.91 Å². The van der Waals surface area contributed by atoms with Crippen molar-refractivity contribution in [2.45, 2.75) is 39.3 Å². The van der Waals surface area contributed by atoms with Crippen LogP contribution in [0.5, 0.6) is 0 Å². The number of thiophene rings is 1. The Balaban J connectivity index is 0.00000161.